The van der Waals surface area contributed by atoms with Gasteiger partial charge in [-0.3, -0.25) is 19.1 Å². The summed E-state index contributed by atoms with van der Waals surface area (Å²) in [7, 11) is 1.57. The van der Waals surface area contributed by atoms with Crippen LogP contribution in [-0.4, -0.2) is 76.1 Å². The molecule has 2 aliphatic rings. The van der Waals surface area contributed by atoms with Crippen LogP contribution in [0.3, 0.4) is 0 Å². The number of carbonyl (C=O) groups is 3. The number of amides is 3. The van der Waals surface area contributed by atoms with Gasteiger partial charge < -0.3 is 20.4 Å². The molecule has 0 unspecified atom stereocenters. The van der Waals surface area contributed by atoms with E-state index in [2.05, 4.69) is 20.6 Å². The molecule has 0 saturated carbocycles. The Bertz CT molecular complexity index is 1090. The first-order chi connectivity index (χ1) is 17.3. The molecule has 1 aromatic carbocycles. The Morgan fingerprint density at radius 1 is 1.08 bits per heavy atom. The number of benzene rings is 1. The molecule has 1 fully saturated rings. The highest BCUT2D eigenvalue weighted by atomic mass is 19.1. The summed E-state index contributed by atoms with van der Waals surface area (Å²) in [5, 5.41) is 10.1. The molecule has 2 aromatic rings. The van der Waals surface area contributed by atoms with Crippen molar-refractivity contribution in [2.45, 2.75) is 57.7 Å². The third-order valence-corrected chi connectivity index (χ3v) is 7.23. The van der Waals surface area contributed by atoms with E-state index in [0.29, 0.717) is 6.54 Å². The van der Waals surface area contributed by atoms with Gasteiger partial charge in [0.2, 0.25) is 5.91 Å². The minimum absolute atomic E-state index is 0.113. The molecule has 0 bridgehead atoms. The summed E-state index contributed by atoms with van der Waals surface area (Å²) in [5.41, 5.74) is -0.0157. The highest BCUT2D eigenvalue weighted by Gasteiger charge is 2.46. The van der Waals surface area contributed by atoms with Crippen molar-refractivity contribution in [2.75, 3.05) is 33.2 Å². The topological polar surface area (TPSA) is 99.6 Å². The van der Waals surface area contributed by atoms with Gasteiger partial charge >= 0.3 is 0 Å². The van der Waals surface area contributed by atoms with Crippen LogP contribution in [0.4, 0.5) is 4.39 Å². The molecule has 0 radical (unpaired) electrons. The molecule has 1 aromatic heterocycles. The first-order valence-corrected chi connectivity index (χ1v) is 12.7. The molecule has 9 nitrogen and oxygen atoms in total. The van der Waals surface area contributed by atoms with Gasteiger partial charge in [-0.05, 0) is 63.5 Å². The number of nitrogens with zero attached hydrogens (tertiary/aromatic N) is 4. The van der Waals surface area contributed by atoms with E-state index in [1.165, 1.54) is 53.5 Å². The lowest BCUT2D eigenvalue weighted by atomic mass is 9.96. The minimum atomic E-state index is -1.20. The second kappa shape index (κ2) is 11.2. The van der Waals surface area contributed by atoms with E-state index < -0.39 is 5.54 Å². The zero-order chi connectivity index (χ0) is 25.7. The summed E-state index contributed by atoms with van der Waals surface area (Å²) in [5.74, 6) is -1.42. The molecule has 0 aliphatic carbocycles. The van der Waals surface area contributed by atoms with E-state index in [1.807, 2.05) is 0 Å². The lowest BCUT2D eigenvalue weighted by Crippen LogP contribution is -2.62. The average Bonchev–Trinajstić information content (AvgIpc) is 3.12. The van der Waals surface area contributed by atoms with Crippen molar-refractivity contribution in [1.29, 1.82) is 0 Å². The Hall–Kier alpha value is -3.27. The largest absolute Gasteiger partial charge is 0.351 e. The molecule has 0 spiro atoms. The van der Waals surface area contributed by atoms with Gasteiger partial charge in [-0.25, -0.2) is 4.39 Å². The fourth-order valence-electron chi connectivity index (χ4n) is 4.77. The second-order valence-electron chi connectivity index (χ2n) is 9.88. The molecular formula is C26H35FN6O3. The molecule has 1 saturated heterocycles. The highest BCUT2D eigenvalue weighted by molar-refractivity contribution is 6.01. The normalized spacial score (nSPS) is 20.5. The second-order valence-corrected chi connectivity index (χ2v) is 9.88. The van der Waals surface area contributed by atoms with Gasteiger partial charge in [-0.15, -0.1) is 0 Å². The molecule has 2 N–H and O–H groups in total. The number of aromatic nitrogens is 2. The number of hydrogen-bond acceptors (Lipinski definition) is 5. The smallest absolute Gasteiger partial charge is 0.272 e. The number of carbonyl (C=O) groups excluding carboxylic acids is 3. The summed E-state index contributed by atoms with van der Waals surface area (Å²) in [6, 6.07) is 7.34. The van der Waals surface area contributed by atoms with Crippen LogP contribution >= 0.6 is 0 Å². The van der Waals surface area contributed by atoms with Crippen LogP contribution in [0.1, 0.15) is 65.6 Å². The van der Waals surface area contributed by atoms with Crippen molar-refractivity contribution < 1.29 is 18.8 Å². The lowest BCUT2D eigenvalue weighted by Gasteiger charge is -2.40. The maximum absolute atomic E-state index is 13.1. The predicted molar refractivity (Wildman–Crippen MR) is 133 cm³/mol. The molecule has 3 amide bonds. The number of fused-ring (bicyclic) bond motifs is 1. The number of hydrogen-bond donors (Lipinski definition) is 2. The van der Waals surface area contributed by atoms with Crippen LogP contribution in [0.25, 0.3) is 0 Å². The Labute approximate surface area is 211 Å². The standard InChI is InChI=1S/C26H35FN6O3/c1-26(25(36)29-17-19-8-10-20(27)11-9-19)18-33-22(24(35)31(26)2)16-21(30-33)23(34)28-12-7-15-32-13-5-3-4-6-14-32/h8-11,16H,3-7,12-15,17-18H2,1-2H3,(H,28,34)(H,29,36)/t26-/m0/s1. The molecular weight excluding hydrogens is 463 g/mol. The maximum atomic E-state index is 13.1. The summed E-state index contributed by atoms with van der Waals surface area (Å²) < 4.78 is 14.6. The molecule has 4 rings (SSSR count). The average molecular weight is 499 g/mol. The Morgan fingerprint density at radius 3 is 2.47 bits per heavy atom. The monoisotopic (exact) mass is 498 g/mol. The predicted octanol–water partition coefficient (Wildman–Crippen LogP) is 2.18. The number of rotatable bonds is 8. The van der Waals surface area contributed by atoms with E-state index in [1.54, 1.807) is 26.1 Å². The van der Waals surface area contributed by atoms with Crippen molar-refractivity contribution in [3.63, 3.8) is 0 Å². The summed E-state index contributed by atoms with van der Waals surface area (Å²) in [4.78, 5) is 42.7. The molecule has 36 heavy (non-hydrogen) atoms. The van der Waals surface area contributed by atoms with Gasteiger partial charge in [0.1, 0.15) is 17.1 Å². The quantitative estimate of drug-likeness (QED) is 0.544. The van der Waals surface area contributed by atoms with Gasteiger partial charge in [0.25, 0.3) is 11.8 Å². The van der Waals surface area contributed by atoms with Crippen molar-refractivity contribution in [3.8, 4) is 0 Å². The summed E-state index contributed by atoms with van der Waals surface area (Å²) >= 11 is 0. The van der Waals surface area contributed by atoms with Gasteiger partial charge in [0, 0.05) is 26.2 Å². The number of likely N-dealkylation sites (N-methyl/N-ethyl adjacent to an activating group) is 1. The van der Waals surface area contributed by atoms with Crippen molar-refractivity contribution in [2.24, 2.45) is 0 Å². The van der Waals surface area contributed by atoms with E-state index in [9.17, 15) is 18.8 Å². The molecule has 3 heterocycles. The fraction of sp³-hybridized carbons (Fsp3) is 0.538. The minimum Gasteiger partial charge on any atom is -0.351 e. The zero-order valence-corrected chi connectivity index (χ0v) is 21.1. The van der Waals surface area contributed by atoms with Gasteiger partial charge in [-0.1, -0.05) is 25.0 Å². The number of nitrogens with one attached hydrogen (secondary N) is 2. The van der Waals surface area contributed by atoms with E-state index >= 15 is 0 Å². The molecule has 1 atom stereocenters. The fourth-order valence-corrected chi connectivity index (χ4v) is 4.77. The van der Waals surface area contributed by atoms with Crippen LogP contribution in [0.5, 0.6) is 0 Å². The Balaban J connectivity index is 1.34. The maximum Gasteiger partial charge on any atom is 0.272 e. The van der Waals surface area contributed by atoms with Crippen LogP contribution in [0, 0.1) is 5.82 Å². The van der Waals surface area contributed by atoms with Crippen LogP contribution in [0.15, 0.2) is 30.3 Å². The van der Waals surface area contributed by atoms with E-state index in [4.69, 9.17) is 0 Å². The van der Waals surface area contributed by atoms with E-state index in [0.717, 1.165) is 31.6 Å². The lowest BCUT2D eigenvalue weighted by molar-refractivity contribution is -0.132. The van der Waals surface area contributed by atoms with Crippen molar-refractivity contribution in [1.82, 2.24) is 30.2 Å². The van der Waals surface area contributed by atoms with Crippen LogP contribution in [0.2, 0.25) is 0 Å². The van der Waals surface area contributed by atoms with Gasteiger partial charge in [0.05, 0.1) is 6.54 Å². The number of likely N-dealkylation sites (tertiary alicyclic amines) is 1. The van der Waals surface area contributed by atoms with Crippen LogP contribution in [-0.2, 0) is 17.9 Å². The van der Waals surface area contributed by atoms with Gasteiger partial charge in [0.15, 0.2) is 5.69 Å². The van der Waals surface area contributed by atoms with Crippen molar-refractivity contribution >= 4 is 17.7 Å². The Kier molecular flexibility index (Phi) is 8.03. The van der Waals surface area contributed by atoms with Crippen LogP contribution < -0.4 is 10.6 Å². The van der Waals surface area contributed by atoms with Gasteiger partial charge in [-0.2, -0.15) is 5.10 Å². The third kappa shape index (κ3) is 5.75. The third-order valence-electron chi connectivity index (χ3n) is 7.23. The zero-order valence-electron chi connectivity index (χ0n) is 21.1. The Morgan fingerprint density at radius 2 is 1.78 bits per heavy atom. The molecule has 10 heteroatoms. The van der Waals surface area contributed by atoms with E-state index in [-0.39, 0.29) is 48.0 Å². The first-order valence-electron chi connectivity index (χ1n) is 12.7. The summed E-state index contributed by atoms with van der Waals surface area (Å²) in [6.07, 6.45) is 5.91. The molecule has 194 valence electrons. The summed E-state index contributed by atoms with van der Waals surface area (Å²) in [6.45, 7) is 5.71. The SMILES string of the molecule is CN1C(=O)c2cc(C(=O)NCCCN3CCCCCC3)nn2C[C@@]1(C)C(=O)NCc1ccc(F)cc1. The van der Waals surface area contributed by atoms with Crippen molar-refractivity contribution in [3.05, 3.63) is 53.1 Å². The first kappa shape index (κ1) is 25.8. The molecule has 2 aliphatic heterocycles. The number of halogens is 1. The highest BCUT2D eigenvalue weighted by Crippen LogP contribution is 2.26.